The molecule has 174 valence electrons. The van der Waals surface area contributed by atoms with E-state index < -0.39 is 6.04 Å². The third-order valence-corrected chi connectivity index (χ3v) is 5.73. The van der Waals surface area contributed by atoms with Crippen LogP contribution >= 0.6 is 23.2 Å². The lowest BCUT2D eigenvalue weighted by atomic mass is 9.86. The molecule has 0 fully saturated rings. The van der Waals surface area contributed by atoms with Gasteiger partial charge in [-0.05, 0) is 48.1 Å². The summed E-state index contributed by atoms with van der Waals surface area (Å²) in [6, 6.07) is 12.2. The number of likely N-dealkylation sites (N-methyl/N-ethyl adjacent to an activating group) is 1. The molecule has 5 nitrogen and oxygen atoms in total. The monoisotopic (exact) mass is 478 g/mol. The number of nitrogens with one attached hydrogen (secondary N) is 1. The SMILES string of the molecule is CCNC(=O)[C@H](CC)N(Cc1ccc(Cl)cc1Cl)C(=O)COc1ccccc1C(C)(C)C. The Morgan fingerprint density at radius 1 is 1.09 bits per heavy atom. The van der Waals surface area contributed by atoms with E-state index in [2.05, 4.69) is 26.1 Å². The van der Waals surface area contributed by atoms with Gasteiger partial charge in [0, 0.05) is 23.1 Å². The molecule has 2 rings (SSSR count). The van der Waals surface area contributed by atoms with Crippen LogP contribution in [-0.4, -0.2) is 35.9 Å². The Labute approximate surface area is 201 Å². The second-order valence-electron chi connectivity index (χ2n) is 8.61. The minimum atomic E-state index is -0.643. The normalized spacial score (nSPS) is 12.2. The van der Waals surface area contributed by atoms with Crippen LogP contribution < -0.4 is 10.1 Å². The maximum atomic E-state index is 13.3. The fourth-order valence-electron chi connectivity index (χ4n) is 3.48. The highest BCUT2D eigenvalue weighted by atomic mass is 35.5. The standard InChI is InChI=1S/C25H32Cl2N2O3/c1-6-21(24(31)28-7-2)29(15-17-12-13-18(26)14-20(17)27)23(30)16-32-22-11-9-8-10-19(22)25(3,4)5/h8-14,21H,6-7,15-16H2,1-5H3,(H,28,31)/t21-/m0/s1. The summed E-state index contributed by atoms with van der Waals surface area (Å²) in [6.07, 6.45) is 0.460. The smallest absolute Gasteiger partial charge is 0.261 e. The second-order valence-corrected chi connectivity index (χ2v) is 9.45. The Kier molecular flexibility index (Phi) is 9.41. The molecule has 0 unspecified atom stereocenters. The summed E-state index contributed by atoms with van der Waals surface area (Å²) in [6.45, 7) is 10.5. The van der Waals surface area contributed by atoms with E-state index in [4.69, 9.17) is 27.9 Å². The first-order chi connectivity index (χ1) is 15.1. The number of hydrogen-bond acceptors (Lipinski definition) is 3. The van der Waals surface area contributed by atoms with E-state index >= 15 is 0 Å². The summed E-state index contributed by atoms with van der Waals surface area (Å²) in [4.78, 5) is 27.6. The molecule has 0 radical (unpaired) electrons. The summed E-state index contributed by atoms with van der Waals surface area (Å²) in [5, 5.41) is 3.77. The minimum Gasteiger partial charge on any atom is -0.483 e. The van der Waals surface area contributed by atoms with Gasteiger partial charge in [0.15, 0.2) is 6.61 Å². The van der Waals surface area contributed by atoms with Crippen LogP contribution in [0.5, 0.6) is 5.75 Å². The van der Waals surface area contributed by atoms with Gasteiger partial charge in [-0.2, -0.15) is 0 Å². The molecule has 2 aromatic rings. The Morgan fingerprint density at radius 2 is 1.78 bits per heavy atom. The number of rotatable bonds is 9. The van der Waals surface area contributed by atoms with Crippen molar-refractivity contribution in [2.75, 3.05) is 13.2 Å². The molecular weight excluding hydrogens is 447 g/mol. The van der Waals surface area contributed by atoms with Crippen LogP contribution in [0.1, 0.15) is 52.2 Å². The maximum absolute atomic E-state index is 13.3. The molecule has 0 aliphatic carbocycles. The molecule has 0 aliphatic rings. The van der Waals surface area contributed by atoms with Crippen LogP contribution in [-0.2, 0) is 21.5 Å². The van der Waals surface area contributed by atoms with E-state index in [-0.39, 0.29) is 30.4 Å². The highest BCUT2D eigenvalue weighted by Crippen LogP contribution is 2.31. The number of nitrogens with zero attached hydrogens (tertiary/aromatic N) is 1. The van der Waals surface area contributed by atoms with Crippen LogP contribution in [0.3, 0.4) is 0 Å². The lowest BCUT2D eigenvalue weighted by molar-refractivity contribution is -0.142. The van der Waals surface area contributed by atoms with Crippen molar-refractivity contribution in [2.24, 2.45) is 0 Å². The zero-order valence-electron chi connectivity index (χ0n) is 19.4. The number of halogens is 2. The van der Waals surface area contributed by atoms with Crippen molar-refractivity contribution >= 4 is 35.0 Å². The van der Waals surface area contributed by atoms with E-state index in [1.54, 1.807) is 18.2 Å². The highest BCUT2D eigenvalue weighted by molar-refractivity contribution is 6.35. The molecular formula is C25H32Cl2N2O3. The Bertz CT molecular complexity index is 941. The quantitative estimate of drug-likeness (QED) is 0.509. The van der Waals surface area contributed by atoms with Gasteiger partial charge in [0.25, 0.3) is 5.91 Å². The largest absolute Gasteiger partial charge is 0.483 e. The summed E-state index contributed by atoms with van der Waals surface area (Å²) in [7, 11) is 0. The van der Waals surface area contributed by atoms with Crippen LogP contribution in [0, 0.1) is 0 Å². The van der Waals surface area contributed by atoms with Gasteiger partial charge in [0.1, 0.15) is 11.8 Å². The van der Waals surface area contributed by atoms with Gasteiger partial charge in [-0.3, -0.25) is 9.59 Å². The van der Waals surface area contributed by atoms with Crippen molar-refractivity contribution in [1.82, 2.24) is 10.2 Å². The number of ether oxygens (including phenoxy) is 1. The molecule has 0 aromatic heterocycles. The molecule has 0 saturated heterocycles. The Morgan fingerprint density at radius 3 is 2.38 bits per heavy atom. The molecule has 0 saturated carbocycles. The summed E-state index contributed by atoms with van der Waals surface area (Å²) >= 11 is 12.4. The topological polar surface area (TPSA) is 58.6 Å². The van der Waals surface area contributed by atoms with E-state index in [9.17, 15) is 9.59 Å². The molecule has 2 aromatic carbocycles. The average Bonchev–Trinajstić information content (AvgIpc) is 2.73. The van der Waals surface area contributed by atoms with Crippen molar-refractivity contribution in [3.8, 4) is 5.75 Å². The zero-order chi connectivity index (χ0) is 23.9. The Balaban J connectivity index is 2.30. The average molecular weight is 479 g/mol. The van der Waals surface area contributed by atoms with E-state index in [0.717, 1.165) is 5.56 Å². The van der Waals surface area contributed by atoms with Crippen LogP contribution in [0.25, 0.3) is 0 Å². The van der Waals surface area contributed by atoms with Gasteiger partial charge >= 0.3 is 0 Å². The lowest BCUT2D eigenvalue weighted by Crippen LogP contribution is -2.50. The van der Waals surface area contributed by atoms with E-state index in [1.807, 2.05) is 38.1 Å². The van der Waals surface area contributed by atoms with Gasteiger partial charge in [0.05, 0.1) is 0 Å². The number of hydrogen-bond donors (Lipinski definition) is 1. The van der Waals surface area contributed by atoms with Gasteiger partial charge in [-0.25, -0.2) is 0 Å². The molecule has 1 N–H and O–H groups in total. The summed E-state index contributed by atoms with van der Waals surface area (Å²) in [5.41, 5.74) is 1.58. The van der Waals surface area contributed by atoms with Crippen molar-refractivity contribution in [2.45, 2.75) is 59.0 Å². The van der Waals surface area contributed by atoms with Crippen LogP contribution in [0.4, 0.5) is 0 Å². The zero-order valence-corrected chi connectivity index (χ0v) is 20.9. The van der Waals surface area contributed by atoms with Gasteiger partial charge in [-0.15, -0.1) is 0 Å². The summed E-state index contributed by atoms with van der Waals surface area (Å²) < 4.78 is 5.95. The minimum absolute atomic E-state index is 0.136. The molecule has 32 heavy (non-hydrogen) atoms. The Hall–Kier alpha value is -2.24. The van der Waals surface area contributed by atoms with E-state index in [1.165, 1.54) is 4.90 Å². The number of amides is 2. The van der Waals surface area contributed by atoms with Crippen molar-refractivity contribution < 1.29 is 14.3 Å². The molecule has 0 aliphatic heterocycles. The number of carbonyl (C=O) groups excluding carboxylic acids is 2. The second kappa shape index (κ2) is 11.6. The molecule has 7 heteroatoms. The third-order valence-electron chi connectivity index (χ3n) is 5.14. The third kappa shape index (κ3) is 6.88. The van der Waals surface area contributed by atoms with Gasteiger partial charge in [-0.1, -0.05) is 75.2 Å². The molecule has 0 bridgehead atoms. The fraction of sp³-hybridized carbons (Fsp3) is 0.440. The number of benzene rings is 2. The first-order valence-electron chi connectivity index (χ1n) is 10.8. The van der Waals surface area contributed by atoms with Crippen molar-refractivity contribution in [3.63, 3.8) is 0 Å². The molecule has 1 atom stereocenters. The molecule has 2 amide bonds. The maximum Gasteiger partial charge on any atom is 0.261 e. The predicted octanol–water partition coefficient (Wildman–Crippen LogP) is 5.61. The number of para-hydroxylation sites is 1. The highest BCUT2D eigenvalue weighted by Gasteiger charge is 2.29. The van der Waals surface area contributed by atoms with E-state index in [0.29, 0.717) is 34.3 Å². The molecule has 0 heterocycles. The van der Waals surface area contributed by atoms with Gasteiger partial charge < -0.3 is 15.0 Å². The van der Waals surface area contributed by atoms with Crippen molar-refractivity contribution in [1.29, 1.82) is 0 Å². The first kappa shape index (κ1) is 26.0. The first-order valence-corrected chi connectivity index (χ1v) is 11.6. The van der Waals surface area contributed by atoms with Crippen LogP contribution in [0.2, 0.25) is 10.0 Å². The lowest BCUT2D eigenvalue weighted by Gasteiger charge is -2.31. The van der Waals surface area contributed by atoms with Crippen molar-refractivity contribution in [3.05, 3.63) is 63.6 Å². The predicted molar refractivity (Wildman–Crippen MR) is 130 cm³/mol. The van der Waals surface area contributed by atoms with Gasteiger partial charge in [0.2, 0.25) is 5.91 Å². The summed E-state index contributed by atoms with van der Waals surface area (Å²) in [5.74, 6) is 0.158. The number of carbonyl (C=O) groups is 2. The molecule has 0 spiro atoms. The fourth-order valence-corrected chi connectivity index (χ4v) is 3.95. The van der Waals surface area contributed by atoms with Crippen LogP contribution in [0.15, 0.2) is 42.5 Å².